The molecule has 0 saturated carbocycles. The monoisotopic (exact) mass is 385 g/mol. The Balaban J connectivity index is 1.65. The molecule has 2 aromatic heterocycles. The highest BCUT2D eigenvalue weighted by atomic mass is 32.1. The van der Waals surface area contributed by atoms with Crippen LogP contribution in [-0.4, -0.2) is 20.8 Å². The largest absolute Gasteiger partial charge is 0.383 e. The van der Waals surface area contributed by atoms with Crippen molar-refractivity contribution in [1.82, 2.24) is 14.6 Å². The summed E-state index contributed by atoms with van der Waals surface area (Å²) in [6, 6.07) is 15.8. The lowest BCUT2D eigenvalue weighted by molar-refractivity contribution is 0.944. The maximum Gasteiger partial charge on any atom is 0.283 e. The summed E-state index contributed by atoms with van der Waals surface area (Å²) in [4.78, 5) is 21.7. The quantitative estimate of drug-likeness (QED) is 0.566. The van der Waals surface area contributed by atoms with Gasteiger partial charge in [0, 0.05) is 22.9 Å². The molecule has 1 aliphatic rings. The van der Waals surface area contributed by atoms with Gasteiger partial charge in [-0.05, 0) is 19.1 Å². The van der Waals surface area contributed by atoms with Crippen LogP contribution in [0.5, 0.6) is 0 Å². The number of hydrogen-bond donors (Lipinski definition) is 1. The molecular formula is C21H15N5OS. The summed E-state index contributed by atoms with van der Waals surface area (Å²) in [6.45, 7) is 2.03. The average Bonchev–Trinajstić information content (AvgIpc) is 3.30. The summed E-state index contributed by atoms with van der Waals surface area (Å²) >= 11 is 1.34. The summed E-state index contributed by atoms with van der Waals surface area (Å²) in [5.41, 5.74) is 11.1. The van der Waals surface area contributed by atoms with Crippen LogP contribution in [0.4, 0.5) is 11.5 Å². The van der Waals surface area contributed by atoms with Crippen LogP contribution in [0, 0.1) is 6.92 Å². The van der Waals surface area contributed by atoms with Crippen molar-refractivity contribution in [3.8, 4) is 10.6 Å². The van der Waals surface area contributed by atoms with Crippen LogP contribution >= 0.6 is 11.3 Å². The third-order valence-corrected chi connectivity index (χ3v) is 5.61. The second-order valence-corrected chi connectivity index (χ2v) is 7.51. The second kappa shape index (κ2) is 6.24. The molecule has 2 aromatic carbocycles. The number of benzene rings is 2. The third-order valence-electron chi connectivity index (χ3n) is 4.65. The van der Waals surface area contributed by atoms with Gasteiger partial charge in [0.15, 0.2) is 0 Å². The number of nitrogens with two attached hydrogens (primary N) is 1. The topological polar surface area (TPSA) is 85.6 Å². The second-order valence-electron chi connectivity index (χ2n) is 6.56. The van der Waals surface area contributed by atoms with Gasteiger partial charge in [-0.1, -0.05) is 59.4 Å². The zero-order valence-electron chi connectivity index (χ0n) is 15.0. The maximum absolute atomic E-state index is 12.6. The number of nitrogens with zero attached hydrogens (tertiary/aromatic N) is 4. The lowest BCUT2D eigenvalue weighted by atomic mass is 10.1. The summed E-state index contributed by atoms with van der Waals surface area (Å²) in [7, 11) is 0. The SMILES string of the molecule is Cc1ccc(-c2nn3c(N)c(C=C4C=Nc5ccccc54)c(=O)nc3s2)cc1. The number of aliphatic imine (C=N–C) groups is 1. The number of allylic oxidation sites excluding steroid dienone is 1. The van der Waals surface area contributed by atoms with Gasteiger partial charge >= 0.3 is 0 Å². The zero-order valence-corrected chi connectivity index (χ0v) is 15.8. The average molecular weight is 385 g/mol. The van der Waals surface area contributed by atoms with Gasteiger partial charge in [-0.15, -0.1) is 0 Å². The van der Waals surface area contributed by atoms with E-state index in [9.17, 15) is 4.79 Å². The Morgan fingerprint density at radius 3 is 2.71 bits per heavy atom. The molecule has 4 aromatic rings. The number of fused-ring (bicyclic) bond motifs is 2. The van der Waals surface area contributed by atoms with Crippen LogP contribution in [0.3, 0.4) is 0 Å². The van der Waals surface area contributed by atoms with Gasteiger partial charge in [0.2, 0.25) is 4.96 Å². The highest BCUT2D eigenvalue weighted by Crippen LogP contribution is 2.33. The first-order valence-corrected chi connectivity index (χ1v) is 9.53. The van der Waals surface area contributed by atoms with Gasteiger partial charge in [0.1, 0.15) is 10.8 Å². The Labute approximate surface area is 164 Å². The smallest absolute Gasteiger partial charge is 0.283 e. The Bertz CT molecular complexity index is 1350. The van der Waals surface area contributed by atoms with Crippen molar-refractivity contribution in [3.05, 3.63) is 75.6 Å². The molecule has 0 amide bonds. The van der Waals surface area contributed by atoms with Crippen molar-refractivity contribution in [2.45, 2.75) is 6.92 Å². The van der Waals surface area contributed by atoms with Crippen LogP contribution in [0.25, 0.3) is 27.2 Å². The predicted molar refractivity (Wildman–Crippen MR) is 114 cm³/mol. The molecule has 0 spiro atoms. The lowest BCUT2D eigenvalue weighted by Crippen LogP contribution is -2.16. The van der Waals surface area contributed by atoms with E-state index < -0.39 is 0 Å². The molecule has 136 valence electrons. The summed E-state index contributed by atoms with van der Waals surface area (Å²) < 4.78 is 1.53. The number of aromatic nitrogens is 3. The molecule has 0 atom stereocenters. The van der Waals surface area contributed by atoms with E-state index in [0.29, 0.717) is 10.5 Å². The van der Waals surface area contributed by atoms with Gasteiger partial charge in [-0.3, -0.25) is 9.79 Å². The standard InChI is InChI=1S/C21H15N5OS/c1-12-6-8-13(9-7-12)20-25-26-18(22)16(19(27)24-21(26)28-20)10-14-11-23-17-5-3-2-4-15(14)17/h2-11H,22H2,1H3. The van der Waals surface area contributed by atoms with E-state index in [1.165, 1.54) is 21.4 Å². The van der Waals surface area contributed by atoms with Crippen molar-refractivity contribution in [1.29, 1.82) is 0 Å². The molecule has 1 aliphatic heterocycles. The number of nitrogen functional groups attached to an aromatic ring is 1. The molecule has 6 nitrogen and oxygen atoms in total. The highest BCUT2D eigenvalue weighted by Gasteiger charge is 2.17. The van der Waals surface area contributed by atoms with Crippen LogP contribution in [0.1, 0.15) is 16.7 Å². The molecule has 0 saturated heterocycles. The number of hydrogen-bond acceptors (Lipinski definition) is 6. The van der Waals surface area contributed by atoms with Crippen molar-refractivity contribution >= 4 is 45.7 Å². The van der Waals surface area contributed by atoms with Crippen LogP contribution in [0.15, 0.2) is 58.3 Å². The minimum Gasteiger partial charge on any atom is -0.383 e. The van der Waals surface area contributed by atoms with E-state index in [0.717, 1.165) is 27.4 Å². The van der Waals surface area contributed by atoms with E-state index in [2.05, 4.69) is 15.1 Å². The molecule has 5 rings (SSSR count). The Hall–Kier alpha value is -3.58. The summed E-state index contributed by atoms with van der Waals surface area (Å²) in [5.74, 6) is 0.273. The van der Waals surface area contributed by atoms with Gasteiger partial charge in [0.05, 0.1) is 11.3 Å². The molecule has 0 radical (unpaired) electrons. The molecule has 7 heteroatoms. The van der Waals surface area contributed by atoms with Crippen molar-refractivity contribution in [2.24, 2.45) is 4.99 Å². The van der Waals surface area contributed by atoms with Gasteiger partial charge in [0.25, 0.3) is 5.56 Å². The molecule has 3 heterocycles. The summed E-state index contributed by atoms with van der Waals surface area (Å²) in [6.07, 6.45) is 3.47. The van der Waals surface area contributed by atoms with Crippen molar-refractivity contribution < 1.29 is 0 Å². The van der Waals surface area contributed by atoms with Crippen molar-refractivity contribution in [2.75, 3.05) is 5.73 Å². The minimum absolute atomic E-state index is 0.273. The number of anilines is 1. The zero-order chi connectivity index (χ0) is 19.3. The Morgan fingerprint density at radius 1 is 1.11 bits per heavy atom. The number of rotatable bonds is 2. The highest BCUT2D eigenvalue weighted by molar-refractivity contribution is 7.19. The van der Waals surface area contributed by atoms with E-state index in [1.54, 1.807) is 12.3 Å². The molecule has 0 aliphatic carbocycles. The first-order valence-electron chi connectivity index (χ1n) is 8.72. The normalized spacial score (nSPS) is 14.1. The van der Waals surface area contributed by atoms with Crippen molar-refractivity contribution in [3.63, 3.8) is 0 Å². The van der Waals surface area contributed by atoms with Crippen LogP contribution in [-0.2, 0) is 0 Å². The minimum atomic E-state index is -0.373. The first kappa shape index (κ1) is 16.6. The van der Waals surface area contributed by atoms with Crippen LogP contribution < -0.4 is 11.3 Å². The lowest BCUT2D eigenvalue weighted by Gasteiger charge is -2.03. The Kier molecular flexibility index (Phi) is 3.70. The van der Waals surface area contributed by atoms with E-state index in [-0.39, 0.29) is 11.4 Å². The fraction of sp³-hybridized carbons (Fsp3) is 0.0476. The van der Waals surface area contributed by atoms with E-state index in [1.807, 2.05) is 55.5 Å². The summed E-state index contributed by atoms with van der Waals surface area (Å²) in [5, 5.41) is 5.34. The Morgan fingerprint density at radius 2 is 1.89 bits per heavy atom. The predicted octanol–water partition coefficient (Wildman–Crippen LogP) is 3.97. The molecule has 0 unspecified atom stereocenters. The first-order chi connectivity index (χ1) is 13.6. The molecule has 0 fully saturated rings. The molecule has 2 N–H and O–H groups in total. The van der Waals surface area contributed by atoms with Crippen LogP contribution in [0.2, 0.25) is 0 Å². The number of aryl methyl sites for hydroxylation is 1. The van der Waals surface area contributed by atoms with Gasteiger partial charge < -0.3 is 5.73 Å². The fourth-order valence-electron chi connectivity index (χ4n) is 3.14. The number of para-hydroxylation sites is 1. The third kappa shape index (κ3) is 2.64. The molecule has 0 bridgehead atoms. The van der Waals surface area contributed by atoms with E-state index >= 15 is 0 Å². The maximum atomic E-state index is 12.6. The van der Waals surface area contributed by atoms with E-state index in [4.69, 9.17) is 5.73 Å². The fourth-order valence-corrected chi connectivity index (χ4v) is 4.04. The molecular weight excluding hydrogens is 370 g/mol. The van der Waals surface area contributed by atoms with Gasteiger partial charge in [-0.2, -0.15) is 14.6 Å². The van der Waals surface area contributed by atoms with Gasteiger partial charge in [-0.25, -0.2) is 0 Å². The molecule has 28 heavy (non-hydrogen) atoms.